The molecule has 0 bridgehead atoms. The van der Waals surface area contributed by atoms with Crippen LogP contribution in [0.4, 0.5) is 0 Å². The van der Waals surface area contributed by atoms with Crippen molar-refractivity contribution in [1.82, 2.24) is 19.4 Å². The average molecular weight is 447 g/mol. The molecule has 7 heteroatoms. The molecule has 0 amide bonds. The van der Waals surface area contributed by atoms with E-state index in [2.05, 4.69) is 42.3 Å². The van der Waals surface area contributed by atoms with Crippen molar-refractivity contribution in [3.05, 3.63) is 80.2 Å². The van der Waals surface area contributed by atoms with E-state index in [0.717, 1.165) is 40.7 Å². The van der Waals surface area contributed by atoms with Gasteiger partial charge in [0.15, 0.2) is 0 Å². The number of ether oxygens (including phenoxy) is 1. The SMILES string of the molecule is Cc1ccc(-c2csc(Cn3c(CN4CCOCC4)nc4ccccc4c3=O)n2)c(C)c1. The van der Waals surface area contributed by atoms with Gasteiger partial charge in [0, 0.05) is 24.0 Å². The molecule has 0 N–H and O–H groups in total. The van der Waals surface area contributed by atoms with Gasteiger partial charge >= 0.3 is 0 Å². The summed E-state index contributed by atoms with van der Waals surface area (Å²) in [6.07, 6.45) is 0. The number of hydrogen-bond donors (Lipinski definition) is 0. The number of rotatable bonds is 5. The minimum atomic E-state index is -0.0119. The Hall–Kier alpha value is -2.87. The molecule has 32 heavy (non-hydrogen) atoms. The van der Waals surface area contributed by atoms with Gasteiger partial charge in [-0.05, 0) is 31.5 Å². The zero-order valence-electron chi connectivity index (χ0n) is 18.4. The van der Waals surface area contributed by atoms with Crippen LogP contribution in [0.25, 0.3) is 22.2 Å². The summed E-state index contributed by atoms with van der Waals surface area (Å²) in [5.74, 6) is 0.777. The van der Waals surface area contributed by atoms with E-state index in [0.29, 0.717) is 31.7 Å². The van der Waals surface area contributed by atoms with Crippen LogP contribution in [0.5, 0.6) is 0 Å². The quantitative estimate of drug-likeness (QED) is 0.463. The maximum absolute atomic E-state index is 13.4. The molecule has 0 spiro atoms. The van der Waals surface area contributed by atoms with Gasteiger partial charge in [0.25, 0.3) is 5.56 Å². The molecule has 2 aromatic heterocycles. The van der Waals surface area contributed by atoms with Gasteiger partial charge in [-0.15, -0.1) is 11.3 Å². The lowest BCUT2D eigenvalue weighted by atomic mass is 10.0. The Labute approximate surface area is 191 Å². The molecule has 5 rings (SSSR count). The first-order valence-electron chi connectivity index (χ1n) is 10.9. The van der Waals surface area contributed by atoms with Gasteiger partial charge in [0.05, 0.1) is 42.9 Å². The predicted molar refractivity (Wildman–Crippen MR) is 128 cm³/mol. The fourth-order valence-corrected chi connectivity index (χ4v) is 4.98. The van der Waals surface area contributed by atoms with Gasteiger partial charge in [0.2, 0.25) is 0 Å². The lowest BCUT2D eigenvalue weighted by Gasteiger charge is -2.27. The van der Waals surface area contributed by atoms with Crippen molar-refractivity contribution in [3.8, 4) is 11.3 Å². The first kappa shape index (κ1) is 21.0. The number of nitrogens with zero attached hydrogens (tertiary/aromatic N) is 4. The maximum Gasteiger partial charge on any atom is 0.261 e. The number of thiazole rings is 1. The third kappa shape index (κ3) is 4.24. The minimum absolute atomic E-state index is 0.0119. The molecule has 164 valence electrons. The van der Waals surface area contributed by atoms with Gasteiger partial charge < -0.3 is 4.74 Å². The van der Waals surface area contributed by atoms with E-state index in [1.807, 2.05) is 24.3 Å². The molecule has 0 saturated carbocycles. The van der Waals surface area contributed by atoms with E-state index in [1.165, 1.54) is 11.1 Å². The third-order valence-electron chi connectivity index (χ3n) is 5.91. The lowest BCUT2D eigenvalue weighted by molar-refractivity contribution is 0.0325. The molecule has 0 radical (unpaired) electrons. The fraction of sp³-hybridized carbons (Fsp3) is 0.320. The molecule has 0 atom stereocenters. The van der Waals surface area contributed by atoms with Crippen molar-refractivity contribution < 1.29 is 4.74 Å². The Bertz CT molecular complexity index is 1320. The van der Waals surface area contributed by atoms with Gasteiger partial charge in [-0.2, -0.15) is 0 Å². The maximum atomic E-state index is 13.4. The second-order valence-corrected chi connectivity index (χ2v) is 9.21. The summed E-state index contributed by atoms with van der Waals surface area (Å²) < 4.78 is 7.27. The van der Waals surface area contributed by atoms with Gasteiger partial charge in [-0.1, -0.05) is 35.9 Å². The molecule has 0 unspecified atom stereocenters. The molecule has 0 aliphatic carbocycles. The first-order valence-corrected chi connectivity index (χ1v) is 11.8. The summed E-state index contributed by atoms with van der Waals surface area (Å²) in [4.78, 5) is 25.5. The average Bonchev–Trinajstić information content (AvgIpc) is 3.25. The van der Waals surface area contributed by atoms with Crippen molar-refractivity contribution in [2.75, 3.05) is 26.3 Å². The Balaban J connectivity index is 1.51. The van der Waals surface area contributed by atoms with Crippen LogP contribution in [0.2, 0.25) is 0 Å². The summed E-state index contributed by atoms with van der Waals surface area (Å²) in [7, 11) is 0. The van der Waals surface area contributed by atoms with E-state index in [1.54, 1.807) is 15.9 Å². The summed E-state index contributed by atoms with van der Waals surface area (Å²) >= 11 is 1.59. The van der Waals surface area contributed by atoms with E-state index < -0.39 is 0 Å². The summed E-state index contributed by atoms with van der Waals surface area (Å²) in [5, 5.41) is 3.63. The number of aryl methyl sites for hydroxylation is 2. The third-order valence-corrected chi connectivity index (χ3v) is 6.75. The molecule has 3 heterocycles. The van der Waals surface area contributed by atoms with Gasteiger partial charge in [-0.25, -0.2) is 9.97 Å². The smallest absolute Gasteiger partial charge is 0.261 e. The Morgan fingerprint density at radius 2 is 1.84 bits per heavy atom. The monoisotopic (exact) mass is 446 g/mol. The number of hydrogen-bond acceptors (Lipinski definition) is 6. The number of para-hydroxylation sites is 1. The van der Waals surface area contributed by atoms with Crippen molar-refractivity contribution >= 4 is 22.2 Å². The normalized spacial score (nSPS) is 14.8. The van der Waals surface area contributed by atoms with E-state index in [9.17, 15) is 4.79 Å². The first-order chi connectivity index (χ1) is 15.6. The molecule has 6 nitrogen and oxygen atoms in total. The van der Waals surface area contributed by atoms with Crippen LogP contribution < -0.4 is 5.56 Å². The molecular formula is C25H26N4O2S. The predicted octanol–water partition coefficient (Wildman–Crippen LogP) is 4.02. The Morgan fingerprint density at radius 1 is 1.03 bits per heavy atom. The fourth-order valence-electron chi connectivity index (χ4n) is 4.20. The number of benzene rings is 2. The zero-order chi connectivity index (χ0) is 22.1. The van der Waals surface area contributed by atoms with E-state index in [-0.39, 0.29) is 5.56 Å². The van der Waals surface area contributed by atoms with Crippen LogP contribution in [0, 0.1) is 13.8 Å². The van der Waals surface area contributed by atoms with Crippen LogP contribution in [0.3, 0.4) is 0 Å². The van der Waals surface area contributed by atoms with Gasteiger partial charge in [0.1, 0.15) is 10.8 Å². The highest BCUT2D eigenvalue weighted by Crippen LogP contribution is 2.26. The Kier molecular flexibility index (Phi) is 5.87. The molecule has 2 aromatic carbocycles. The second kappa shape index (κ2) is 8.94. The highest BCUT2D eigenvalue weighted by molar-refractivity contribution is 7.09. The second-order valence-electron chi connectivity index (χ2n) is 8.27. The van der Waals surface area contributed by atoms with E-state index >= 15 is 0 Å². The van der Waals surface area contributed by atoms with E-state index in [4.69, 9.17) is 14.7 Å². The minimum Gasteiger partial charge on any atom is -0.379 e. The zero-order valence-corrected chi connectivity index (χ0v) is 19.2. The number of aromatic nitrogens is 3. The van der Waals surface area contributed by atoms with Crippen molar-refractivity contribution in [2.24, 2.45) is 0 Å². The molecule has 1 saturated heterocycles. The summed E-state index contributed by atoms with van der Waals surface area (Å²) in [6, 6.07) is 14.0. The highest BCUT2D eigenvalue weighted by atomic mass is 32.1. The summed E-state index contributed by atoms with van der Waals surface area (Å²) in [5.41, 5.74) is 5.27. The highest BCUT2D eigenvalue weighted by Gasteiger charge is 2.18. The molecular weight excluding hydrogens is 420 g/mol. The summed E-state index contributed by atoms with van der Waals surface area (Å²) in [6.45, 7) is 8.36. The number of fused-ring (bicyclic) bond motifs is 1. The van der Waals surface area contributed by atoms with Gasteiger partial charge in [-0.3, -0.25) is 14.3 Å². The molecule has 1 aliphatic rings. The van der Waals surface area contributed by atoms with Crippen molar-refractivity contribution in [3.63, 3.8) is 0 Å². The number of morpholine rings is 1. The molecule has 1 fully saturated rings. The Morgan fingerprint density at radius 3 is 2.66 bits per heavy atom. The van der Waals surface area contributed by atoms with Crippen LogP contribution in [0.1, 0.15) is 22.0 Å². The van der Waals surface area contributed by atoms with Crippen LogP contribution in [-0.2, 0) is 17.8 Å². The van der Waals surface area contributed by atoms with Crippen LogP contribution in [-0.4, -0.2) is 45.7 Å². The van der Waals surface area contributed by atoms with Crippen molar-refractivity contribution in [2.45, 2.75) is 26.9 Å². The molecule has 4 aromatic rings. The van der Waals surface area contributed by atoms with Crippen LogP contribution >= 0.6 is 11.3 Å². The topological polar surface area (TPSA) is 60.2 Å². The van der Waals surface area contributed by atoms with Crippen molar-refractivity contribution in [1.29, 1.82) is 0 Å². The standard InChI is InChI=1S/C25H26N4O2S/c1-17-7-8-19(18(2)13-17)22-16-32-24(27-22)15-29-23(14-28-9-11-31-12-10-28)26-21-6-4-3-5-20(21)25(29)30/h3-8,13,16H,9-12,14-15H2,1-2H3. The lowest BCUT2D eigenvalue weighted by Crippen LogP contribution is -2.38. The largest absolute Gasteiger partial charge is 0.379 e. The van der Waals surface area contributed by atoms with Crippen LogP contribution in [0.15, 0.2) is 52.6 Å². The molecule has 1 aliphatic heterocycles.